The first-order chi connectivity index (χ1) is 5.81. The maximum absolute atomic E-state index is 9.28. The molecule has 0 aliphatic rings. The molecule has 0 radical (unpaired) electrons. The van der Waals surface area contributed by atoms with Crippen LogP contribution in [0.4, 0.5) is 0 Å². The van der Waals surface area contributed by atoms with Gasteiger partial charge in [-0.2, -0.15) is 0 Å². The minimum atomic E-state index is 0.202. The van der Waals surface area contributed by atoms with Crippen molar-refractivity contribution in [3.63, 3.8) is 0 Å². The average Bonchev–Trinajstić information content (AvgIpc) is 2.47. The van der Waals surface area contributed by atoms with Crippen LogP contribution in [0.1, 0.15) is 0 Å². The number of fused-ring (bicyclic) bond motifs is 1. The Hall–Kier alpha value is -1.64. The number of hydrogen-bond acceptors (Lipinski definition) is 2. The van der Waals surface area contributed by atoms with Crippen LogP contribution in [0, 0.1) is 0 Å². The van der Waals surface area contributed by atoms with Crippen LogP contribution < -0.4 is 4.74 Å². The van der Waals surface area contributed by atoms with Crippen LogP contribution in [0.5, 0.6) is 11.6 Å². The summed E-state index contributed by atoms with van der Waals surface area (Å²) in [4.78, 5) is 2.73. The van der Waals surface area contributed by atoms with Gasteiger partial charge in [0, 0.05) is 17.0 Å². The summed E-state index contributed by atoms with van der Waals surface area (Å²) in [7, 11) is 1.62. The van der Waals surface area contributed by atoms with Crippen molar-refractivity contribution in [3.05, 3.63) is 24.4 Å². The van der Waals surface area contributed by atoms with Gasteiger partial charge in [-0.1, -0.05) is 0 Å². The Morgan fingerprint density at radius 2 is 2.25 bits per heavy atom. The first kappa shape index (κ1) is 7.03. The van der Waals surface area contributed by atoms with E-state index in [0.29, 0.717) is 0 Å². The molecule has 3 nitrogen and oxygen atoms in total. The predicted molar refractivity (Wildman–Crippen MR) is 46.5 cm³/mol. The van der Waals surface area contributed by atoms with Gasteiger partial charge in [-0.05, 0) is 18.2 Å². The fourth-order valence-electron chi connectivity index (χ4n) is 1.23. The zero-order chi connectivity index (χ0) is 8.55. The van der Waals surface area contributed by atoms with E-state index < -0.39 is 0 Å². The monoisotopic (exact) mass is 163 g/mol. The second-order valence-corrected chi connectivity index (χ2v) is 2.59. The summed E-state index contributed by atoms with van der Waals surface area (Å²) in [6.07, 6.45) is 1.74. The van der Waals surface area contributed by atoms with Crippen LogP contribution in [0.3, 0.4) is 0 Å². The number of nitrogens with one attached hydrogen (secondary N) is 1. The van der Waals surface area contributed by atoms with E-state index in [1.54, 1.807) is 13.3 Å². The molecular weight excluding hydrogens is 154 g/mol. The summed E-state index contributed by atoms with van der Waals surface area (Å²) in [5.74, 6) is 0.995. The molecule has 12 heavy (non-hydrogen) atoms. The smallest absolute Gasteiger partial charge is 0.196 e. The van der Waals surface area contributed by atoms with Gasteiger partial charge in [-0.3, -0.25) is 0 Å². The normalized spacial score (nSPS) is 10.4. The number of aromatic nitrogens is 1. The molecule has 62 valence electrons. The predicted octanol–water partition coefficient (Wildman–Crippen LogP) is 1.88. The molecule has 0 aliphatic carbocycles. The van der Waals surface area contributed by atoms with Gasteiger partial charge in [0.2, 0.25) is 0 Å². The fourth-order valence-corrected chi connectivity index (χ4v) is 1.23. The maximum atomic E-state index is 9.28. The highest BCUT2D eigenvalue weighted by atomic mass is 16.5. The Morgan fingerprint density at radius 3 is 3.00 bits per heavy atom. The molecule has 1 heterocycles. The lowest BCUT2D eigenvalue weighted by Gasteiger charge is -1.97. The molecule has 0 amide bonds. The Balaban J connectivity index is 2.69. The van der Waals surface area contributed by atoms with E-state index in [9.17, 15) is 5.11 Å². The lowest BCUT2D eigenvalue weighted by molar-refractivity contribution is 0.415. The molecular formula is C9H9NO2. The maximum Gasteiger partial charge on any atom is 0.196 e. The Labute approximate surface area is 69.6 Å². The van der Waals surface area contributed by atoms with Crippen molar-refractivity contribution in [2.24, 2.45) is 0 Å². The van der Waals surface area contributed by atoms with Crippen LogP contribution >= 0.6 is 0 Å². The number of aromatic amines is 1. The van der Waals surface area contributed by atoms with E-state index in [4.69, 9.17) is 4.74 Å². The highest BCUT2D eigenvalue weighted by Gasteiger charge is 2.01. The van der Waals surface area contributed by atoms with Gasteiger partial charge in [0.1, 0.15) is 5.75 Å². The first-order valence-electron chi connectivity index (χ1n) is 3.65. The van der Waals surface area contributed by atoms with Crippen molar-refractivity contribution in [2.75, 3.05) is 7.11 Å². The van der Waals surface area contributed by atoms with Gasteiger partial charge in [0.25, 0.3) is 0 Å². The molecule has 0 fully saturated rings. The van der Waals surface area contributed by atoms with Crippen molar-refractivity contribution < 1.29 is 9.84 Å². The van der Waals surface area contributed by atoms with Crippen molar-refractivity contribution in [1.82, 2.24) is 4.98 Å². The molecule has 0 unspecified atom stereocenters. The third kappa shape index (κ3) is 0.906. The Bertz CT molecular complexity index is 406. The van der Waals surface area contributed by atoms with E-state index >= 15 is 0 Å². The molecule has 2 N–H and O–H groups in total. The topological polar surface area (TPSA) is 45.2 Å². The quantitative estimate of drug-likeness (QED) is 0.674. The summed E-state index contributed by atoms with van der Waals surface area (Å²) < 4.78 is 5.04. The van der Waals surface area contributed by atoms with Gasteiger partial charge in [-0.25, -0.2) is 0 Å². The number of aromatic hydroxyl groups is 1. The molecule has 1 aromatic heterocycles. The number of H-pyrrole nitrogens is 1. The van der Waals surface area contributed by atoms with Crippen molar-refractivity contribution in [3.8, 4) is 11.6 Å². The molecule has 2 rings (SSSR count). The molecule has 3 heteroatoms. The van der Waals surface area contributed by atoms with Gasteiger partial charge in [0.15, 0.2) is 5.88 Å². The van der Waals surface area contributed by atoms with E-state index in [1.807, 2.05) is 18.2 Å². The van der Waals surface area contributed by atoms with Gasteiger partial charge in [-0.15, -0.1) is 0 Å². The van der Waals surface area contributed by atoms with E-state index in [2.05, 4.69) is 4.98 Å². The number of benzene rings is 1. The first-order valence-corrected chi connectivity index (χ1v) is 3.65. The molecule has 0 saturated carbocycles. The van der Waals surface area contributed by atoms with Crippen LogP contribution in [-0.2, 0) is 0 Å². The summed E-state index contributed by atoms with van der Waals surface area (Å²) in [5.41, 5.74) is 0. The number of methoxy groups -OCH3 is 1. The highest BCUT2D eigenvalue weighted by molar-refractivity contribution is 5.88. The van der Waals surface area contributed by atoms with Crippen LogP contribution in [-0.4, -0.2) is 17.2 Å². The third-order valence-corrected chi connectivity index (χ3v) is 1.88. The summed E-state index contributed by atoms with van der Waals surface area (Å²) in [6.45, 7) is 0. The molecule has 0 saturated heterocycles. The number of ether oxygens (including phenoxy) is 1. The molecule has 0 spiro atoms. The standard InChI is InChI=1S/C9H9NO2/c1-12-7-2-3-8-6(4-7)5-10-9(8)11/h2-5,10-11H,1H3. The minimum Gasteiger partial charge on any atom is -0.497 e. The van der Waals surface area contributed by atoms with E-state index in [0.717, 1.165) is 16.5 Å². The minimum absolute atomic E-state index is 0.202. The van der Waals surface area contributed by atoms with Crippen molar-refractivity contribution in [1.29, 1.82) is 0 Å². The lowest BCUT2D eigenvalue weighted by atomic mass is 10.2. The molecule has 0 bridgehead atoms. The highest BCUT2D eigenvalue weighted by Crippen LogP contribution is 2.26. The summed E-state index contributed by atoms with van der Waals surface area (Å²) in [5, 5.41) is 11.0. The van der Waals surface area contributed by atoms with Crippen molar-refractivity contribution in [2.45, 2.75) is 0 Å². The summed E-state index contributed by atoms with van der Waals surface area (Å²) >= 11 is 0. The fraction of sp³-hybridized carbons (Fsp3) is 0.111. The van der Waals surface area contributed by atoms with Crippen LogP contribution in [0.2, 0.25) is 0 Å². The number of rotatable bonds is 1. The van der Waals surface area contributed by atoms with Crippen molar-refractivity contribution >= 4 is 10.8 Å². The molecule has 1 aromatic carbocycles. The average molecular weight is 163 g/mol. The number of hydrogen-bond donors (Lipinski definition) is 2. The zero-order valence-corrected chi connectivity index (χ0v) is 6.66. The second-order valence-electron chi connectivity index (χ2n) is 2.59. The van der Waals surface area contributed by atoms with Crippen LogP contribution in [0.15, 0.2) is 24.4 Å². The Kier molecular flexibility index (Phi) is 1.43. The largest absolute Gasteiger partial charge is 0.497 e. The SMILES string of the molecule is COc1ccc2c(O)[nH]cc2c1. The van der Waals surface area contributed by atoms with Gasteiger partial charge >= 0.3 is 0 Å². The molecule has 2 aromatic rings. The van der Waals surface area contributed by atoms with Crippen LogP contribution in [0.25, 0.3) is 10.8 Å². The van der Waals surface area contributed by atoms with Gasteiger partial charge < -0.3 is 14.8 Å². The zero-order valence-electron chi connectivity index (χ0n) is 6.66. The van der Waals surface area contributed by atoms with Gasteiger partial charge in [0.05, 0.1) is 7.11 Å². The molecule has 0 aliphatic heterocycles. The second kappa shape index (κ2) is 2.44. The molecule has 0 atom stereocenters. The lowest BCUT2D eigenvalue weighted by Crippen LogP contribution is -1.80. The third-order valence-electron chi connectivity index (χ3n) is 1.88. The van der Waals surface area contributed by atoms with E-state index in [1.165, 1.54) is 0 Å². The summed E-state index contributed by atoms with van der Waals surface area (Å²) in [6, 6.07) is 5.50. The Morgan fingerprint density at radius 1 is 1.42 bits per heavy atom. The van der Waals surface area contributed by atoms with E-state index in [-0.39, 0.29) is 5.88 Å².